The first-order chi connectivity index (χ1) is 19.1. The Morgan fingerprint density at radius 3 is 2.68 bits per heavy atom. The second kappa shape index (κ2) is 12.3. The van der Waals surface area contributed by atoms with Gasteiger partial charge in [-0.1, -0.05) is 24.0 Å². The highest BCUT2D eigenvalue weighted by molar-refractivity contribution is 7.59. The van der Waals surface area contributed by atoms with Crippen molar-refractivity contribution in [3.05, 3.63) is 94.4 Å². The van der Waals surface area contributed by atoms with Gasteiger partial charge in [0.15, 0.2) is 5.65 Å². The van der Waals surface area contributed by atoms with E-state index in [-0.39, 0.29) is 31.3 Å². The Kier molecular flexibility index (Phi) is 9.07. The van der Waals surface area contributed by atoms with E-state index in [1.807, 2.05) is 25.9 Å². The van der Waals surface area contributed by atoms with E-state index in [0.29, 0.717) is 28.4 Å². The predicted molar refractivity (Wildman–Crippen MR) is 157 cm³/mol. The third kappa shape index (κ3) is 7.08. The van der Waals surface area contributed by atoms with E-state index < -0.39 is 17.6 Å². The molecule has 1 saturated heterocycles. The second-order valence-corrected chi connectivity index (χ2v) is 10.2. The Labute approximate surface area is 243 Å². The lowest BCUT2D eigenvalue weighted by Crippen LogP contribution is -2.31. The van der Waals surface area contributed by atoms with Crippen molar-refractivity contribution < 1.29 is 18.0 Å². The summed E-state index contributed by atoms with van der Waals surface area (Å²) in [5, 5.41) is 6.77. The van der Waals surface area contributed by atoms with Crippen LogP contribution in [0.5, 0.6) is 0 Å². The number of fused-ring (bicyclic) bond motifs is 1. The Morgan fingerprint density at radius 2 is 1.95 bits per heavy atom. The van der Waals surface area contributed by atoms with E-state index in [1.54, 1.807) is 47.4 Å². The Bertz CT molecular complexity index is 1620. The van der Waals surface area contributed by atoms with E-state index in [2.05, 4.69) is 32.1 Å². The van der Waals surface area contributed by atoms with Crippen LogP contribution in [-0.2, 0) is 12.7 Å². The minimum Gasteiger partial charge on any atom is -0.322 e. The van der Waals surface area contributed by atoms with Gasteiger partial charge in [0.2, 0.25) is 0 Å². The molecule has 2 aromatic carbocycles. The highest BCUT2D eigenvalue weighted by atomic mass is 32.1. The lowest BCUT2D eigenvalue weighted by molar-refractivity contribution is -0.138. The van der Waals surface area contributed by atoms with E-state index in [4.69, 9.17) is 0 Å². The molecule has 3 heterocycles. The molecular weight excluding hydrogens is 549 g/mol. The lowest BCUT2D eigenvalue weighted by Gasteiger charge is -2.22. The van der Waals surface area contributed by atoms with Gasteiger partial charge in [-0.2, -0.15) is 31.8 Å². The van der Waals surface area contributed by atoms with Crippen LogP contribution in [0.3, 0.4) is 0 Å². The molecule has 0 aliphatic carbocycles. The molecule has 4 aromatic rings. The van der Waals surface area contributed by atoms with Crippen molar-refractivity contribution in [2.75, 3.05) is 32.5 Å². The number of benzene rings is 2. The van der Waals surface area contributed by atoms with Gasteiger partial charge in [-0.15, -0.1) is 0 Å². The number of halogens is 3. The van der Waals surface area contributed by atoms with Crippen molar-refractivity contribution in [2.45, 2.75) is 32.1 Å². The largest absolute Gasteiger partial charge is 0.416 e. The molecule has 2 aromatic heterocycles. The molecule has 1 fully saturated rings. The van der Waals surface area contributed by atoms with Crippen molar-refractivity contribution in [3.8, 4) is 11.8 Å². The van der Waals surface area contributed by atoms with Gasteiger partial charge in [-0.3, -0.25) is 9.69 Å². The lowest BCUT2D eigenvalue weighted by atomic mass is 10.0. The van der Waals surface area contributed by atoms with Crippen LogP contribution in [0, 0.1) is 18.8 Å². The highest BCUT2D eigenvalue weighted by Crippen LogP contribution is 2.35. The van der Waals surface area contributed by atoms with Crippen molar-refractivity contribution >= 4 is 30.7 Å². The number of aromatic nitrogens is 3. The van der Waals surface area contributed by atoms with Crippen molar-refractivity contribution in [3.63, 3.8) is 0 Å². The van der Waals surface area contributed by atoms with Gasteiger partial charge in [-0.25, -0.2) is 9.50 Å². The molecule has 214 valence electrons. The number of aryl methyl sites for hydroxylation is 1. The second-order valence-electron chi connectivity index (χ2n) is 10.2. The van der Waals surface area contributed by atoms with Crippen LogP contribution in [-0.4, -0.2) is 63.5 Å². The summed E-state index contributed by atoms with van der Waals surface area (Å²) >= 11 is 0. The number of nitrogens with zero attached hydrogens (tertiary/aromatic N) is 5. The number of carbonyl (C=O) groups excluding carboxylic acids is 1. The zero-order valence-electron chi connectivity index (χ0n) is 23.0. The number of carbonyl (C=O) groups is 1. The molecule has 11 heteroatoms. The third-order valence-corrected chi connectivity index (χ3v) is 7.13. The molecule has 0 radical (unpaired) electrons. The summed E-state index contributed by atoms with van der Waals surface area (Å²) in [4.78, 5) is 21.4. The first-order valence-corrected chi connectivity index (χ1v) is 12.9. The molecule has 7 nitrogen and oxygen atoms in total. The van der Waals surface area contributed by atoms with Gasteiger partial charge in [0.25, 0.3) is 5.91 Å². The number of rotatable bonds is 5. The predicted octanol–water partition coefficient (Wildman–Crippen LogP) is 4.96. The number of likely N-dealkylation sites (tertiary alicyclic amines) is 1. The molecule has 1 amide bonds. The zero-order valence-corrected chi connectivity index (χ0v) is 24.0. The van der Waals surface area contributed by atoms with Gasteiger partial charge >= 0.3 is 6.18 Å². The summed E-state index contributed by atoms with van der Waals surface area (Å²) < 4.78 is 43.6. The Balaban J connectivity index is 0.00000387. The molecule has 1 N–H and O–H groups in total. The normalized spacial score (nSPS) is 15.4. The molecule has 1 atom stereocenters. The van der Waals surface area contributed by atoms with Gasteiger partial charge in [-0.05, 0) is 62.8 Å². The topological polar surface area (TPSA) is 65.8 Å². The summed E-state index contributed by atoms with van der Waals surface area (Å²) in [6.45, 7) is 3.54. The van der Waals surface area contributed by atoms with Crippen molar-refractivity contribution in [1.29, 1.82) is 0 Å². The highest BCUT2D eigenvalue weighted by Gasteiger charge is 2.35. The fourth-order valence-corrected chi connectivity index (χ4v) is 4.79. The summed E-state index contributed by atoms with van der Waals surface area (Å²) in [5.41, 5.74) is 2.67. The number of hydrogen-bond donors (Lipinski definition) is 1. The quantitative estimate of drug-likeness (QED) is 0.338. The standard InChI is InChI=1S/C30H29F3N6O.H2S/c1-20-4-6-23(14-22(20)7-5-21-16-34-28-10-12-35-39(28)17-21)29(40)36-25-9-8-24(27(15-25)30(31,32)33)18-38-13-11-26(19-38)37(2)3;/h4,6,8-10,12,14-17,26H,11,13,18-19H2,1-3H3,(H,36,40);1H2/t26-;/m0./s1. The zero-order chi connectivity index (χ0) is 28.4. The van der Waals surface area contributed by atoms with Crippen LogP contribution in [0.2, 0.25) is 0 Å². The molecular formula is C30H31F3N6OS. The molecule has 1 aliphatic heterocycles. The summed E-state index contributed by atoms with van der Waals surface area (Å²) in [6, 6.07) is 11.1. The average molecular weight is 581 g/mol. The van der Waals surface area contributed by atoms with Crippen LogP contribution >= 0.6 is 13.5 Å². The van der Waals surface area contributed by atoms with Crippen LogP contribution < -0.4 is 5.32 Å². The van der Waals surface area contributed by atoms with Gasteiger partial charge in [0.1, 0.15) is 0 Å². The monoisotopic (exact) mass is 580 g/mol. The van der Waals surface area contributed by atoms with Crippen LogP contribution in [0.1, 0.15) is 44.6 Å². The molecule has 0 saturated carbocycles. The fourth-order valence-electron chi connectivity index (χ4n) is 4.79. The van der Waals surface area contributed by atoms with E-state index in [9.17, 15) is 18.0 Å². The van der Waals surface area contributed by atoms with Crippen LogP contribution in [0.15, 0.2) is 61.1 Å². The van der Waals surface area contributed by atoms with Gasteiger partial charge < -0.3 is 10.2 Å². The van der Waals surface area contributed by atoms with Crippen LogP contribution in [0.4, 0.5) is 18.9 Å². The maximum absolute atomic E-state index is 14.0. The fraction of sp³-hybridized carbons (Fsp3) is 0.300. The number of nitrogens with one attached hydrogen (secondary N) is 1. The molecule has 1 aliphatic rings. The summed E-state index contributed by atoms with van der Waals surface area (Å²) in [7, 11) is 3.96. The maximum Gasteiger partial charge on any atom is 0.416 e. The third-order valence-electron chi connectivity index (χ3n) is 7.13. The average Bonchev–Trinajstić information content (AvgIpc) is 3.58. The maximum atomic E-state index is 14.0. The SMILES string of the molecule is Cc1ccc(C(=O)Nc2ccc(CN3CC[C@H](N(C)C)C3)c(C(F)(F)F)c2)cc1C#Cc1cnc2ccnn2c1.S. The van der Waals surface area contributed by atoms with E-state index in [1.165, 1.54) is 12.1 Å². The number of amides is 1. The Morgan fingerprint density at radius 1 is 1.15 bits per heavy atom. The van der Waals surface area contributed by atoms with Crippen LogP contribution in [0.25, 0.3) is 5.65 Å². The number of likely N-dealkylation sites (N-methyl/N-ethyl adjacent to an activating group) is 1. The number of anilines is 1. The smallest absolute Gasteiger partial charge is 0.322 e. The van der Waals surface area contributed by atoms with Crippen molar-refractivity contribution in [2.24, 2.45) is 0 Å². The summed E-state index contributed by atoms with van der Waals surface area (Å²) in [6.07, 6.45) is 1.42. The van der Waals surface area contributed by atoms with Gasteiger partial charge in [0, 0.05) is 61.0 Å². The molecule has 41 heavy (non-hydrogen) atoms. The first kappa shape index (κ1) is 30.1. The molecule has 0 unspecified atom stereocenters. The first-order valence-electron chi connectivity index (χ1n) is 12.9. The number of alkyl halides is 3. The molecule has 5 rings (SSSR count). The molecule has 0 bridgehead atoms. The van der Waals surface area contributed by atoms with E-state index in [0.717, 1.165) is 31.1 Å². The number of hydrogen-bond acceptors (Lipinski definition) is 5. The molecule has 0 spiro atoms. The van der Waals surface area contributed by atoms with E-state index >= 15 is 0 Å². The van der Waals surface area contributed by atoms with Gasteiger partial charge in [0.05, 0.1) is 17.3 Å². The summed E-state index contributed by atoms with van der Waals surface area (Å²) in [5.74, 6) is 5.57. The van der Waals surface area contributed by atoms with Crippen molar-refractivity contribution in [1.82, 2.24) is 24.4 Å². The Hall–Kier alpha value is -3.85. The minimum atomic E-state index is -4.54. The minimum absolute atomic E-state index is 0.